The molecule has 1 N–H and O–H groups in total. The lowest BCUT2D eigenvalue weighted by atomic mass is 10.2. The van der Waals surface area contributed by atoms with Gasteiger partial charge in [-0.15, -0.1) is 0 Å². The van der Waals surface area contributed by atoms with Crippen molar-refractivity contribution in [2.24, 2.45) is 5.10 Å². The number of nitrogens with one attached hydrogen (secondary N) is 1. The summed E-state index contributed by atoms with van der Waals surface area (Å²) in [4.78, 5) is 11.8. The van der Waals surface area contributed by atoms with Crippen molar-refractivity contribution in [3.05, 3.63) is 56.5 Å². The molecular weight excluding hydrogens is 440 g/mol. The van der Waals surface area contributed by atoms with Crippen molar-refractivity contribution in [1.29, 1.82) is 0 Å². The molecule has 126 valence electrons. The zero-order chi connectivity index (χ0) is 17.5. The molecule has 0 aliphatic carbocycles. The summed E-state index contributed by atoms with van der Waals surface area (Å²) >= 11 is 6.81. The van der Waals surface area contributed by atoms with Gasteiger partial charge >= 0.3 is 0 Å². The number of carbonyl (C=O) groups excluding carboxylic acids is 1. The minimum Gasteiger partial charge on any atom is -0.495 e. The van der Waals surface area contributed by atoms with Gasteiger partial charge in [0.1, 0.15) is 11.5 Å². The SMILES string of the molecule is COc1c(Br)cc(Br)cc1C=NNC(=O)COc1cccc(C)c1. The van der Waals surface area contributed by atoms with E-state index >= 15 is 0 Å². The summed E-state index contributed by atoms with van der Waals surface area (Å²) in [6.07, 6.45) is 1.51. The fraction of sp³-hybridized carbons (Fsp3) is 0.176. The van der Waals surface area contributed by atoms with E-state index in [0.717, 1.165) is 20.1 Å². The first kappa shape index (κ1) is 18.5. The normalized spacial score (nSPS) is 10.7. The van der Waals surface area contributed by atoms with E-state index < -0.39 is 0 Å². The van der Waals surface area contributed by atoms with Gasteiger partial charge in [0, 0.05) is 10.0 Å². The van der Waals surface area contributed by atoms with Crippen molar-refractivity contribution < 1.29 is 14.3 Å². The number of hydrogen-bond donors (Lipinski definition) is 1. The number of benzene rings is 2. The Hall–Kier alpha value is -1.86. The molecule has 2 aromatic rings. The summed E-state index contributed by atoms with van der Waals surface area (Å²) in [5.74, 6) is 0.930. The Bertz CT molecular complexity index is 763. The number of carbonyl (C=O) groups is 1. The van der Waals surface area contributed by atoms with Gasteiger partial charge < -0.3 is 9.47 Å². The average molecular weight is 456 g/mol. The maximum Gasteiger partial charge on any atom is 0.277 e. The molecule has 0 aliphatic rings. The predicted octanol–water partition coefficient (Wildman–Crippen LogP) is 4.06. The molecule has 0 fully saturated rings. The molecule has 0 unspecified atom stereocenters. The summed E-state index contributed by atoms with van der Waals surface area (Å²) < 4.78 is 12.4. The molecule has 0 radical (unpaired) electrons. The third kappa shape index (κ3) is 5.35. The predicted molar refractivity (Wildman–Crippen MR) is 101 cm³/mol. The van der Waals surface area contributed by atoms with Crippen LogP contribution >= 0.6 is 31.9 Å². The first-order valence-corrected chi connectivity index (χ1v) is 8.62. The molecule has 2 rings (SSSR count). The third-order valence-corrected chi connectivity index (χ3v) is 4.04. The molecule has 1 amide bonds. The molecular formula is C17H16Br2N2O3. The first-order chi connectivity index (χ1) is 11.5. The standard InChI is InChI=1S/C17H16Br2N2O3/c1-11-4-3-5-14(6-11)24-10-16(22)21-20-9-12-7-13(18)8-15(19)17(12)23-2/h3-9H,10H2,1-2H3,(H,21,22). The van der Waals surface area contributed by atoms with E-state index in [1.54, 1.807) is 13.2 Å². The Kier molecular flexibility index (Phi) is 6.81. The van der Waals surface area contributed by atoms with Gasteiger partial charge in [-0.2, -0.15) is 5.10 Å². The zero-order valence-electron chi connectivity index (χ0n) is 13.2. The van der Waals surface area contributed by atoms with Crippen LogP contribution in [0.3, 0.4) is 0 Å². The highest BCUT2D eigenvalue weighted by Gasteiger charge is 2.08. The van der Waals surface area contributed by atoms with Gasteiger partial charge in [0.05, 0.1) is 17.8 Å². The Morgan fingerprint density at radius 2 is 2.08 bits per heavy atom. The summed E-state index contributed by atoms with van der Waals surface area (Å²) in [6.45, 7) is 1.85. The molecule has 0 atom stereocenters. The van der Waals surface area contributed by atoms with Gasteiger partial charge in [-0.3, -0.25) is 4.79 Å². The number of ether oxygens (including phenoxy) is 2. The van der Waals surface area contributed by atoms with E-state index in [1.165, 1.54) is 6.21 Å². The number of amides is 1. The molecule has 5 nitrogen and oxygen atoms in total. The van der Waals surface area contributed by atoms with Crippen LogP contribution in [0, 0.1) is 6.92 Å². The molecule has 7 heteroatoms. The highest BCUT2D eigenvalue weighted by molar-refractivity contribution is 9.11. The summed E-state index contributed by atoms with van der Waals surface area (Å²) in [7, 11) is 1.57. The van der Waals surface area contributed by atoms with Gasteiger partial charge in [0.15, 0.2) is 6.61 Å². The maximum atomic E-state index is 11.8. The van der Waals surface area contributed by atoms with E-state index in [-0.39, 0.29) is 12.5 Å². The molecule has 0 saturated carbocycles. The Morgan fingerprint density at radius 3 is 2.79 bits per heavy atom. The van der Waals surface area contributed by atoms with Crippen molar-refractivity contribution in [3.63, 3.8) is 0 Å². The molecule has 0 aliphatic heterocycles. The topological polar surface area (TPSA) is 59.9 Å². The minimum atomic E-state index is -0.346. The number of halogens is 2. The largest absolute Gasteiger partial charge is 0.495 e. The number of aryl methyl sites for hydroxylation is 1. The number of rotatable bonds is 6. The maximum absolute atomic E-state index is 11.8. The van der Waals surface area contributed by atoms with E-state index in [9.17, 15) is 4.79 Å². The second kappa shape index (κ2) is 8.84. The Labute approximate surface area is 157 Å². The summed E-state index contributed by atoms with van der Waals surface area (Å²) in [6, 6.07) is 11.2. The third-order valence-electron chi connectivity index (χ3n) is 2.99. The fourth-order valence-electron chi connectivity index (χ4n) is 1.95. The number of methoxy groups -OCH3 is 1. The second-order valence-corrected chi connectivity index (χ2v) is 6.68. The monoisotopic (exact) mass is 454 g/mol. The van der Waals surface area contributed by atoms with Crippen molar-refractivity contribution in [1.82, 2.24) is 5.43 Å². The van der Waals surface area contributed by atoms with Crippen LogP contribution in [0.1, 0.15) is 11.1 Å². The van der Waals surface area contributed by atoms with Crippen LogP contribution in [0.4, 0.5) is 0 Å². The lowest BCUT2D eigenvalue weighted by molar-refractivity contribution is -0.123. The Morgan fingerprint density at radius 1 is 1.29 bits per heavy atom. The molecule has 0 bridgehead atoms. The molecule has 0 spiro atoms. The quantitative estimate of drug-likeness (QED) is 0.527. The minimum absolute atomic E-state index is 0.111. The lowest BCUT2D eigenvalue weighted by Gasteiger charge is -2.08. The molecule has 2 aromatic carbocycles. The molecule has 24 heavy (non-hydrogen) atoms. The smallest absolute Gasteiger partial charge is 0.277 e. The van der Waals surface area contributed by atoms with Gasteiger partial charge in [-0.05, 0) is 52.7 Å². The van der Waals surface area contributed by atoms with Crippen molar-refractivity contribution in [2.75, 3.05) is 13.7 Å². The van der Waals surface area contributed by atoms with Crippen LogP contribution in [0.2, 0.25) is 0 Å². The first-order valence-electron chi connectivity index (χ1n) is 7.04. The fourth-order valence-corrected chi connectivity index (χ4v) is 3.37. The van der Waals surface area contributed by atoms with Gasteiger partial charge in [-0.25, -0.2) is 5.43 Å². The van der Waals surface area contributed by atoms with Crippen LogP contribution in [0.5, 0.6) is 11.5 Å². The van der Waals surface area contributed by atoms with Crippen LogP contribution in [0.25, 0.3) is 0 Å². The van der Waals surface area contributed by atoms with Crippen molar-refractivity contribution in [2.45, 2.75) is 6.92 Å². The van der Waals surface area contributed by atoms with Crippen LogP contribution in [-0.4, -0.2) is 25.8 Å². The van der Waals surface area contributed by atoms with Crippen LogP contribution in [0.15, 0.2) is 50.4 Å². The van der Waals surface area contributed by atoms with Crippen molar-refractivity contribution in [3.8, 4) is 11.5 Å². The summed E-state index contributed by atoms with van der Waals surface area (Å²) in [5.41, 5.74) is 4.21. The van der Waals surface area contributed by atoms with Gasteiger partial charge in [0.2, 0.25) is 0 Å². The summed E-state index contributed by atoms with van der Waals surface area (Å²) in [5, 5.41) is 3.94. The van der Waals surface area contributed by atoms with Gasteiger partial charge in [0.25, 0.3) is 5.91 Å². The Balaban J connectivity index is 1.93. The average Bonchev–Trinajstić information content (AvgIpc) is 2.53. The van der Waals surface area contributed by atoms with Gasteiger partial charge in [-0.1, -0.05) is 28.1 Å². The number of nitrogens with zero attached hydrogens (tertiary/aromatic N) is 1. The molecule has 0 heterocycles. The molecule has 0 aromatic heterocycles. The lowest BCUT2D eigenvalue weighted by Crippen LogP contribution is -2.24. The molecule has 0 saturated heterocycles. The van der Waals surface area contributed by atoms with E-state index in [1.807, 2.05) is 37.3 Å². The highest BCUT2D eigenvalue weighted by Crippen LogP contribution is 2.31. The number of hydrazone groups is 1. The van der Waals surface area contributed by atoms with E-state index in [0.29, 0.717) is 11.5 Å². The van der Waals surface area contributed by atoms with Crippen LogP contribution in [-0.2, 0) is 4.79 Å². The van der Waals surface area contributed by atoms with Crippen molar-refractivity contribution >= 4 is 44.0 Å². The second-order valence-electron chi connectivity index (χ2n) is 4.91. The highest BCUT2D eigenvalue weighted by atomic mass is 79.9. The van der Waals surface area contributed by atoms with E-state index in [4.69, 9.17) is 9.47 Å². The zero-order valence-corrected chi connectivity index (χ0v) is 16.3. The van der Waals surface area contributed by atoms with E-state index in [2.05, 4.69) is 42.4 Å². The van der Waals surface area contributed by atoms with Crippen LogP contribution < -0.4 is 14.9 Å². The number of hydrogen-bond acceptors (Lipinski definition) is 4.